The number of benzene rings is 3. The van der Waals surface area contributed by atoms with Gasteiger partial charge in [-0.25, -0.2) is 12.7 Å². The first-order chi connectivity index (χ1) is 18.6. The van der Waals surface area contributed by atoms with Crippen LogP contribution in [-0.2, 0) is 32.6 Å². The third-order valence-electron chi connectivity index (χ3n) is 6.38. The topological polar surface area (TPSA) is 104 Å². The standard InChI is InChI=1S/C29H30ClN3O5S/c1-20(2)31-28(35)25(18-21-9-4-3-5-10-21)32(19-22-11-8-12-23(30)17-22)27(34)15-16-33-29(36)24-13-6-7-14-26(24)39(33,37)38/h3-14,17,20,25H,15-16,18-19H2,1-2H3,(H,31,35)/t25-/m0/s1. The van der Waals surface area contributed by atoms with Gasteiger partial charge >= 0.3 is 0 Å². The Morgan fingerprint density at radius 1 is 0.949 bits per heavy atom. The van der Waals surface area contributed by atoms with Crippen LogP contribution in [0.15, 0.2) is 83.8 Å². The summed E-state index contributed by atoms with van der Waals surface area (Å²) >= 11 is 6.19. The molecule has 39 heavy (non-hydrogen) atoms. The van der Waals surface area contributed by atoms with Gasteiger partial charge in [0.1, 0.15) is 10.9 Å². The van der Waals surface area contributed by atoms with Gasteiger partial charge in [0, 0.05) is 37.0 Å². The summed E-state index contributed by atoms with van der Waals surface area (Å²) < 4.78 is 26.8. The van der Waals surface area contributed by atoms with Crippen LogP contribution >= 0.6 is 11.6 Å². The maximum absolute atomic E-state index is 13.8. The van der Waals surface area contributed by atoms with Crippen molar-refractivity contribution in [1.29, 1.82) is 0 Å². The van der Waals surface area contributed by atoms with Crippen LogP contribution < -0.4 is 5.32 Å². The molecule has 0 saturated carbocycles. The summed E-state index contributed by atoms with van der Waals surface area (Å²) in [5, 5.41) is 3.39. The largest absolute Gasteiger partial charge is 0.352 e. The Morgan fingerprint density at radius 2 is 1.62 bits per heavy atom. The first kappa shape index (κ1) is 28.3. The molecule has 3 aromatic carbocycles. The fourth-order valence-electron chi connectivity index (χ4n) is 4.56. The van der Waals surface area contributed by atoms with Crippen molar-refractivity contribution in [3.63, 3.8) is 0 Å². The molecule has 1 aliphatic rings. The highest BCUT2D eigenvalue weighted by Gasteiger charge is 2.41. The molecule has 0 unspecified atom stereocenters. The molecule has 1 aliphatic heterocycles. The monoisotopic (exact) mass is 567 g/mol. The number of halogens is 1. The van der Waals surface area contributed by atoms with Crippen molar-refractivity contribution in [2.75, 3.05) is 6.54 Å². The van der Waals surface area contributed by atoms with E-state index < -0.39 is 27.9 Å². The van der Waals surface area contributed by atoms with E-state index in [1.807, 2.05) is 44.2 Å². The minimum Gasteiger partial charge on any atom is -0.352 e. The number of nitrogens with one attached hydrogen (secondary N) is 1. The summed E-state index contributed by atoms with van der Waals surface area (Å²) in [6, 6.07) is 21.3. The molecule has 0 aromatic heterocycles. The van der Waals surface area contributed by atoms with Gasteiger partial charge in [0.25, 0.3) is 15.9 Å². The van der Waals surface area contributed by atoms with Gasteiger partial charge in [0.15, 0.2) is 0 Å². The third-order valence-corrected chi connectivity index (χ3v) is 8.46. The van der Waals surface area contributed by atoms with Crippen molar-refractivity contribution in [3.8, 4) is 0 Å². The number of hydrogen-bond acceptors (Lipinski definition) is 5. The molecule has 0 spiro atoms. The first-order valence-corrected chi connectivity index (χ1v) is 14.4. The average Bonchev–Trinajstić information content (AvgIpc) is 3.09. The highest BCUT2D eigenvalue weighted by Crippen LogP contribution is 2.30. The predicted molar refractivity (Wildman–Crippen MR) is 148 cm³/mol. The molecule has 8 nitrogen and oxygen atoms in total. The second-order valence-electron chi connectivity index (χ2n) is 9.65. The van der Waals surface area contributed by atoms with E-state index in [2.05, 4.69) is 5.32 Å². The Balaban J connectivity index is 1.64. The Bertz CT molecular complexity index is 1480. The molecular formula is C29H30ClN3O5S. The number of carbonyl (C=O) groups is 3. The van der Waals surface area contributed by atoms with Crippen LogP contribution in [0.4, 0.5) is 0 Å². The molecule has 0 aliphatic carbocycles. The molecule has 1 atom stereocenters. The highest BCUT2D eigenvalue weighted by atomic mass is 35.5. The van der Waals surface area contributed by atoms with E-state index >= 15 is 0 Å². The van der Waals surface area contributed by atoms with E-state index in [0.717, 1.165) is 9.87 Å². The lowest BCUT2D eigenvalue weighted by molar-refractivity contribution is -0.141. The van der Waals surface area contributed by atoms with Crippen LogP contribution in [0.2, 0.25) is 5.02 Å². The van der Waals surface area contributed by atoms with E-state index in [-0.39, 0.29) is 48.3 Å². The first-order valence-electron chi connectivity index (χ1n) is 12.6. The molecule has 0 radical (unpaired) electrons. The smallest absolute Gasteiger partial charge is 0.269 e. The number of amides is 3. The van der Waals surface area contributed by atoms with Crippen LogP contribution in [0.25, 0.3) is 0 Å². The Labute approximate surface area is 233 Å². The van der Waals surface area contributed by atoms with Crippen LogP contribution in [0.5, 0.6) is 0 Å². The number of fused-ring (bicyclic) bond motifs is 1. The van der Waals surface area contributed by atoms with Gasteiger partial charge in [-0.05, 0) is 49.2 Å². The second-order valence-corrected chi connectivity index (χ2v) is 11.9. The SMILES string of the molecule is CC(C)NC(=O)[C@H](Cc1ccccc1)N(Cc1cccc(Cl)c1)C(=O)CCN1C(=O)c2ccccc2S1(=O)=O. The zero-order valence-electron chi connectivity index (χ0n) is 21.7. The normalized spacial score (nSPS) is 14.7. The second kappa shape index (κ2) is 12.0. The van der Waals surface area contributed by atoms with Crippen LogP contribution in [0.1, 0.15) is 41.8 Å². The van der Waals surface area contributed by atoms with Gasteiger partial charge in [0.2, 0.25) is 11.8 Å². The van der Waals surface area contributed by atoms with Crippen LogP contribution in [-0.4, -0.2) is 54.0 Å². The van der Waals surface area contributed by atoms with Gasteiger partial charge < -0.3 is 10.2 Å². The van der Waals surface area contributed by atoms with E-state index in [9.17, 15) is 22.8 Å². The van der Waals surface area contributed by atoms with Crippen LogP contribution in [0, 0.1) is 0 Å². The van der Waals surface area contributed by atoms with Crippen molar-refractivity contribution in [1.82, 2.24) is 14.5 Å². The van der Waals surface area contributed by atoms with Crippen molar-refractivity contribution in [2.45, 2.75) is 50.2 Å². The Hall–Kier alpha value is -3.69. The van der Waals surface area contributed by atoms with Crippen molar-refractivity contribution in [2.24, 2.45) is 0 Å². The number of sulfonamides is 1. The summed E-state index contributed by atoms with van der Waals surface area (Å²) in [5.41, 5.74) is 1.65. The van der Waals surface area contributed by atoms with E-state index in [1.54, 1.807) is 36.4 Å². The summed E-state index contributed by atoms with van der Waals surface area (Å²) in [7, 11) is -4.07. The van der Waals surface area contributed by atoms with Gasteiger partial charge in [-0.3, -0.25) is 14.4 Å². The molecule has 1 heterocycles. The minimum atomic E-state index is -4.07. The van der Waals surface area contributed by atoms with Gasteiger partial charge in [-0.1, -0.05) is 66.2 Å². The molecular weight excluding hydrogens is 538 g/mol. The number of nitrogens with zero attached hydrogens (tertiary/aromatic N) is 2. The lowest BCUT2D eigenvalue weighted by Gasteiger charge is -2.32. The Morgan fingerprint density at radius 3 is 2.28 bits per heavy atom. The van der Waals surface area contributed by atoms with Crippen LogP contribution in [0.3, 0.4) is 0 Å². The van der Waals surface area contributed by atoms with Crippen molar-refractivity contribution < 1.29 is 22.8 Å². The number of rotatable bonds is 10. The van der Waals surface area contributed by atoms with E-state index in [1.165, 1.54) is 17.0 Å². The zero-order chi connectivity index (χ0) is 28.2. The maximum atomic E-state index is 13.8. The highest BCUT2D eigenvalue weighted by molar-refractivity contribution is 7.90. The third kappa shape index (κ3) is 6.49. The Kier molecular flexibility index (Phi) is 8.72. The van der Waals surface area contributed by atoms with Gasteiger partial charge in [-0.2, -0.15) is 0 Å². The molecule has 0 saturated heterocycles. The molecule has 3 aromatic rings. The van der Waals surface area contributed by atoms with E-state index in [4.69, 9.17) is 11.6 Å². The lowest BCUT2D eigenvalue weighted by Crippen LogP contribution is -2.52. The molecule has 10 heteroatoms. The molecule has 204 valence electrons. The summed E-state index contributed by atoms with van der Waals surface area (Å²) in [6.45, 7) is 3.40. The predicted octanol–water partition coefficient (Wildman–Crippen LogP) is 4.04. The zero-order valence-corrected chi connectivity index (χ0v) is 23.3. The summed E-state index contributed by atoms with van der Waals surface area (Å²) in [5.74, 6) is -1.46. The molecule has 0 bridgehead atoms. The quantitative estimate of drug-likeness (QED) is 0.398. The molecule has 3 amide bonds. The summed E-state index contributed by atoms with van der Waals surface area (Å²) in [4.78, 5) is 41.5. The number of hydrogen-bond donors (Lipinski definition) is 1. The lowest BCUT2D eigenvalue weighted by atomic mass is 10.0. The van der Waals surface area contributed by atoms with Crippen molar-refractivity contribution in [3.05, 3.63) is 101 Å². The average molecular weight is 568 g/mol. The summed E-state index contributed by atoms with van der Waals surface area (Å²) in [6.07, 6.45) is -0.0438. The molecule has 1 N–H and O–H groups in total. The van der Waals surface area contributed by atoms with Gasteiger partial charge in [-0.15, -0.1) is 0 Å². The van der Waals surface area contributed by atoms with Crippen molar-refractivity contribution >= 4 is 39.3 Å². The minimum absolute atomic E-state index is 0.0727. The fourth-order valence-corrected chi connectivity index (χ4v) is 6.34. The molecule has 0 fully saturated rings. The fraction of sp³-hybridized carbons (Fsp3) is 0.276. The maximum Gasteiger partial charge on any atom is 0.269 e. The van der Waals surface area contributed by atoms with Gasteiger partial charge in [0.05, 0.1) is 5.56 Å². The molecule has 4 rings (SSSR count). The number of carbonyl (C=O) groups excluding carboxylic acids is 3. The van der Waals surface area contributed by atoms with E-state index in [0.29, 0.717) is 10.6 Å².